The monoisotopic (exact) mass is 170 g/mol. The van der Waals surface area contributed by atoms with E-state index in [4.69, 9.17) is 5.73 Å². The molecule has 0 aliphatic carbocycles. The SMILES string of the molecule is CCCNC(=O)C(C)=CC(N)=O. The zero-order valence-corrected chi connectivity index (χ0v) is 7.39. The van der Waals surface area contributed by atoms with Crippen molar-refractivity contribution in [2.45, 2.75) is 20.3 Å². The number of nitrogens with one attached hydrogen (secondary N) is 1. The van der Waals surface area contributed by atoms with Gasteiger partial charge in [-0.15, -0.1) is 0 Å². The van der Waals surface area contributed by atoms with Crippen molar-refractivity contribution in [3.8, 4) is 0 Å². The van der Waals surface area contributed by atoms with Gasteiger partial charge in [0.15, 0.2) is 0 Å². The molecule has 0 aliphatic heterocycles. The van der Waals surface area contributed by atoms with Crippen molar-refractivity contribution in [3.05, 3.63) is 11.6 Å². The molecule has 4 nitrogen and oxygen atoms in total. The molecule has 0 bridgehead atoms. The lowest BCUT2D eigenvalue weighted by Crippen LogP contribution is -2.25. The maximum absolute atomic E-state index is 11.1. The molecule has 3 N–H and O–H groups in total. The highest BCUT2D eigenvalue weighted by Crippen LogP contribution is 1.90. The molecule has 0 unspecified atom stereocenters. The van der Waals surface area contributed by atoms with Crippen LogP contribution >= 0.6 is 0 Å². The van der Waals surface area contributed by atoms with Crippen LogP contribution in [0.2, 0.25) is 0 Å². The molecule has 0 atom stereocenters. The molecule has 0 aliphatic rings. The predicted molar refractivity (Wildman–Crippen MR) is 46.3 cm³/mol. The van der Waals surface area contributed by atoms with Gasteiger partial charge in [-0.1, -0.05) is 6.92 Å². The summed E-state index contributed by atoms with van der Waals surface area (Å²) in [6, 6.07) is 0. The first kappa shape index (κ1) is 10.7. The predicted octanol–water partition coefficient (Wildman–Crippen LogP) is -0.0558. The van der Waals surface area contributed by atoms with Crippen molar-refractivity contribution >= 4 is 11.8 Å². The van der Waals surface area contributed by atoms with Crippen LogP contribution in [0.3, 0.4) is 0 Å². The maximum atomic E-state index is 11.1. The van der Waals surface area contributed by atoms with E-state index in [1.807, 2.05) is 6.92 Å². The van der Waals surface area contributed by atoms with E-state index in [9.17, 15) is 9.59 Å². The van der Waals surface area contributed by atoms with Gasteiger partial charge in [0.25, 0.3) is 0 Å². The van der Waals surface area contributed by atoms with E-state index in [1.165, 1.54) is 0 Å². The van der Waals surface area contributed by atoms with E-state index >= 15 is 0 Å². The van der Waals surface area contributed by atoms with Crippen molar-refractivity contribution < 1.29 is 9.59 Å². The number of rotatable bonds is 4. The van der Waals surface area contributed by atoms with Crippen molar-refractivity contribution in [3.63, 3.8) is 0 Å². The molecule has 0 rings (SSSR count). The van der Waals surface area contributed by atoms with E-state index < -0.39 is 5.91 Å². The number of carbonyl (C=O) groups excluding carboxylic acids is 2. The lowest BCUT2D eigenvalue weighted by molar-refractivity contribution is -0.118. The van der Waals surface area contributed by atoms with Gasteiger partial charge in [-0.05, 0) is 13.3 Å². The minimum absolute atomic E-state index is 0.240. The second-order valence-electron chi connectivity index (χ2n) is 2.49. The van der Waals surface area contributed by atoms with E-state index in [0.717, 1.165) is 12.5 Å². The smallest absolute Gasteiger partial charge is 0.247 e. The van der Waals surface area contributed by atoms with E-state index in [-0.39, 0.29) is 5.91 Å². The van der Waals surface area contributed by atoms with Crippen LogP contribution in [0.15, 0.2) is 11.6 Å². The fraction of sp³-hybridized carbons (Fsp3) is 0.500. The highest BCUT2D eigenvalue weighted by molar-refractivity contribution is 5.99. The third kappa shape index (κ3) is 4.49. The Morgan fingerprint density at radius 3 is 2.50 bits per heavy atom. The molecular weight excluding hydrogens is 156 g/mol. The van der Waals surface area contributed by atoms with Gasteiger partial charge in [0.05, 0.1) is 0 Å². The quantitative estimate of drug-likeness (QED) is 0.580. The molecule has 12 heavy (non-hydrogen) atoms. The topological polar surface area (TPSA) is 72.2 Å². The van der Waals surface area contributed by atoms with Gasteiger partial charge in [-0.25, -0.2) is 0 Å². The molecule has 0 saturated heterocycles. The van der Waals surface area contributed by atoms with Gasteiger partial charge in [0.1, 0.15) is 0 Å². The van der Waals surface area contributed by atoms with Crippen LogP contribution in [0, 0.1) is 0 Å². The fourth-order valence-electron chi connectivity index (χ4n) is 0.657. The first-order chi connectivity index (χ1) is 5.57. The Labute approximate surface area is 71.8 Å². The Balaban J connectivity index is 4.01. The van der Waals surface area contributed by atoms with Crippen LogP contribution in [0.1, 0.15) is 20.3 Å². The molecule has 0 aromatic rings. The van der Waals surface area contributed by atoms with E-state index in [2.05, 4.69) is 5.32 Å². The summed E-state index contributed by atoms with van der Waals surface area (Å²) in [5, 5.41) is 2.62. The van der Waals surface area contributed by atoms with Crippen LogP contribution in [-0.2, 0) is 9.59 Å². The zero-order valence-electron chi connectivity index (χ0n) is 7.39. The Morgan fingerprint density at radius 1 is 1.50 bits per heavy atom. The summed E-state index contributed by atoms with van der Waals surface area (Å²) in [4.78, 5) is 21.4. The normalized spacial score (nSPS) is 11.0. The molecule has 4 heteroatoms. The van der Waals surface area contributed by atoms with Gasteiger partial charge < -0.3 is 11.1 Å². The third-order valence-corrected chi connectivity index (χ3v) is 1.25. The number of carbonyl (C=O) groups is 2. The average Bonchev–Trinajstić information content (AvgIpc) is 1.98. The Morgan fingerprint density at radius 2 is 2.08 bits per heavy atom. The van der Waals surface area contributed by atoms with Crippen LogP contribution in [0.4, 0.5) is 0 Å². The number of nitrogens with two attached hydrogens (primary N) is 1. The van der Waals surface area contributed by atoms with Gasteiger partial charge >= 0.3 is 0 Å². The Kier molecular flexibility index (Phi) is 4.76. The number of hydrogen-bond donors (Lipinski definition) is 2. The lowest BCUT2D eigenvalue weighted by Gasteiger charge is -2.01. The van der Waals surface area contributed by atoms with E-state index in [0.29, 0.717) is 12.1 Å². The van der Waals surface area contributed by atoms with Gasteiger partial charge in [0.2, 0.25) is 11.8 Å². The third-order valence-electron chi connectivity index (χ3n) is 1.25. The highest BCUT2D eigenvalue weighted by Gasteiger charge is 2.02. The Bertz CT molecular complexity index is 209. The van der Waals surface area contributed by atoms with Gasteiger partial charge in [-0.3, -0.25) is 9.59 Å². The van der Waals surface area contributed by atoms with Crippen LogP contribution in [0.5, 0.6) is 0 Å². The first-order valence-electron chi connectivity index (χ1n) is 3.83. The summed E-state index contributed by atoms with van der Waals surface area (Å²) >= 11 is 0. The second-order valence-corrected chi connectivity index (χ2v) is 2.49. The van der Waals surface area contributed by atoms with Crippen LogP contribution in [-0.4, -0.2) is 18.4 Å². The molecule has 0 spiro atoms. The van der Waals surface area contributed by atoms with Crippen molar-refractivity contribution in [1.82, 2.24) is 5.32 Å². The van der Waals surface area contributed by atoms with Crippen LogP contribution in [0.25, 0.3) is 0 Å². The highest BCUT2D eigenvalue weighted by atomic mass is 16.2. The minimum Gasteiger partial charge on any atom is -0.366 e. The summed E-state index contributed by atoms with van der Waals surface area (Å²) in [5.74, 6) is -0.838. The fourth-order valence-corrected chi connectivity index (χ4v) is 0.657. The van der Waals surface area contributed by atoms with Crippen molar-refractivity contribution in [2.75, 3.05) is 6.54 Å². The summed E-state index contributed by atoms with van der Waals surface area (Å²) in [5.41, 5.74) is 5.21. The van der Waals surface area contributed by atoms with E-state index in [1.54, 1.807) is 6.92 Å². The molecule has 0 radical (unpaired) electrons. The Hall–Kier alpha value is -1.32. The number of primary amides is 1. The molecule has 0 aromatic heterocycles. The molecule has 0 aromatic carbocycles. The standard InChI is InChI=1S/C8H14N2O2/c1-3-4-10-8(12)6(2)5-7(9)11/h5H,3-4H2,1-2H3,(H2,9,11)(H,10,12). The lowest BCUT2D eigenvalue weighted by atomic mass is 10.2. The number of hydrogen-bond acceptors (Lipinski definition) is 2. The summed E-state index contributed by atoms with van der Waals surface area (Å²) in [6.07, 6.45) is 1.99. The molecule has 0 fully saturated rings. The first-order valence-corrected chi connectivity index (χ1v) is 3.83. The second kappa shape index (κ2) is 5.35. The van der Waals surface area contributed by atoms with Crippen molar-refractivity contribution in [1.29, 1.82) is 0 Å². The van der Waals surface area contributed by atoms with Gasteiger partial charge in [-0.2, -0.15) is 0 Å². The molecule has 2 amide bonds. The average molecular weight is 170 g/mol. The minimum atomic E-state index is -0.598. The summed E-state index contributed by atoms with van der Waals surface area (Å²) < 4.78 is 0. The molecule has 0 heterocycles. The molecule has 0 saturated carbocycles. The molecular formula is C8H14N2O2. The largest absolute Gasteiger partial charge is 0.366 e. The molecule has 68 valence electrons. The maximum Gasteiger partial charge on any atom is 0.247 e. The zero-order chi connectivity index (χ0) is 9.56. The van der Waals surface area contributed by atoms with Crippen LogP contribution < -0.4 is 11.1 Å². The van der Waals surface area contributed by atoms with Crippen molar-refractivity contribution in [2.24, 2.45) is 5.73 Å². The summed E-state index contributed by atoms with van der Waals surface area (Å²) in [6.45, 7) is 4.12. The summed E-state index contributed by atoms with van der Waals surface area (Å²) in [7, 11) is 0. The number of amides is 2. The van der Waals surface area contributed by atoms with Gasteiger partial charge in [0, 0.05) is 18.2 Å².